The molecule has 2 nitrogen and oxygen atoms in total. The van der Waals surface area contributed by atoms with Gasteiger partial charge in [-0.1, -0.05) is 44.2 Å². The maximum absolute atomic E-state index is 9.88. The lowest BCUT2D eigenvalue weighted by Gasteiger charge is -1.89. The van der Waals surface area contributed by atoms with Crippen LogP contribution in [0.3, 0.4) is 0 Å². The summed E-state index contributed by atoms with van der Waals surface area (Å²) in [5, 5.41) is 0. The van der Waals surface area contributed by atoms with E-state index < -0.39 is 0 Å². The quantitative estimate of drug-likeness (QED) is 0.225. The third-order valence-corrected chi connectivity index (χ3v) is 2.46. The maximum Gasteiger partial charge on any atom is 0.142 e. The molecule has 0 N–H and O–H groups in total. The zero-order valence-corrected chi connectivity index (χ0v) is 13.1. The second-order valence-electron chi connectivity index (χ2n) is 4.35. The Bertz CT molecular complexity index is 275. The van der Waals surface area contributed by atoms with Crippen molar-refractivity contribution in [1.29, 1.82) is 0 Å². The fraction of sp³-hybridized carbons (Fsp3) is 0.556. The standard InChI is InChI=1S/C9H16O.C9H14O/c2*1-2-3-4-5-6-7-8-9-10/h3-4,9H,2,5-8H2,1H3;3-4,7-9H,2,5-6H2,1H3. The monoisotopic (exact) mass is 278 g/mol. The summed E-state index contributed by atoms with van der Waals surface area (Å²) >= 11 is 0. The van der Waals surface area contributed by atoms with Crippen LogP contribution >= 0.6 is 0 Å². The first kappa shape index (κ1) is 20.9. The molecule has 114 valence electrons. The third-order valence-electron chi connectivity index (χ3n) is 2.46. The molecule has 0 amide bonds. The fourth-order valence-electron chi connectivity index (χ4n) is 1.40. The molecule has 0 aromatic carbocycles. The molecular formula is C18H30O2. The van der Waals surface area contributed by atoms with Crippen molar-refractivity contribution in [2.75, 3.05) is 0 Å². The SMILES string of the molecule is CCC=CCCC=CC=O.CCC=CCCCCC=O. The van der Waals surface area contributed by atoms with E-state index in [1.807, 2.05) is 6.08 Å². The summed E-state index contributed by atoms with van der Waals surface area (Å²) in [6, 6.07) is 0. The highest BCUT2D eigenvalue weighted by Crippen LogP contribution is 1.98. The van der Waals surface area contributed by atoms with Crippen LogP contribution in [0.1, 0.15) is 65.2 Å². The van der Waals surface area contributed by atoms with Crippen molar-refractivity contribution in [3.05, 3.63) is 36.5 Å². The molecule has 0 saturated carbocycles. The van der Waals surface area contributed by atoms with Crippen LogP contribution in [0.5, 0.6) is 0 Å². The second-order valence-corrected chi connectivity index (χ2v) is 4.35. The Morgan fingerprint density at radius 3 is 1.75 bits per heavy atom. The van der Waals surface area contributed by atoms with Gasteiger partial charge in [0, 0.05) is 6.42 Å². The molecule has 0 fully saturated rings. The number of allylic oxidation sites excluding steroid dienone is 6. The molecule has 0 aliphatic rings. The van der Waals surface area contributed by atoms with Gasteiger partial charge >= 0.3 is 0 Å². The van der Waals surface area contributed by atoms with E-state index in [9.17, 15) is 9.59 Å². The topological polar surface area (TPSA) is 34.1 Å². The van der Waals surface area contributed by atoms with Gasteiger partial charge in [0.15, 0.2) is 0 Å². The summed E-state index contributed by atoms with van der Waals surface area (Å²) in [6.45, 7) is 4.24. The van der Waals surface area contributed by atoms with Gasteiger partial charge in [-0.15, -0.1) is 0 Å². The lowest BCUT2D eigenvalue weighted by molar-refractivity contribution is -0.108. The van der Waals surface area contributed by atoms with Gasteiger partial charge in [0.25, 0.3) is 0 Å². The predicted molar refractivity (Wildman–Crippen MR) is 87.8 cm³/mol. The normalized spacial score (nSPS) is 10.9. The number of hydrogen-bond donors (Lipinski definition) is 0. The first-order chi connectivity index (χ1) is 9.83. The zero-order valence-electron chi connectivity index (χ0n) is 13.1. The van der Waals surface area contributed by atoms with Crippen LogP contribution in [0.4, 0.5) is 0 Å². The number of aldehydes is 2. The van der Waals surface area contributed by atoms with Gasteiger partial charge in [0.2, 0.25) is 0 Å². The van der Waals surface area contributed by atoms with Crippen LogP contribution < -0.4 is 0 Å². The van der Waals surface area contributed by atoms with Crippen LogP contribution in [0.25, 0.3) is 0 Å². The van der Waals surface area contributed by atoms with Crippen molar-refractivity contribution in [3.63, 3.8) is 0 Å². The van der Waals surface area contributed by atoms with Crippen molar-refractivity contribution in [1.82, 2.24) is 0 Å². The Labute approximate surface area is 124 Å². The first-order valence-corrected chi connectivity index (χ1v) is 7.67. The minimum atomic E-state index is 0.722. The van der Waals surface area contributed by atoms with Crippen molar-refractivity contribution in [3.8, 4) is 0 Å². The predicted octanol–water partition coefficient (Wildman–Crippen LogP) is 5.20. The van der Waals surface area contributed by atoms with E-state index in [1.54, 1.807) is 6.08 Å². The number of unbranched alkanes of at least 4 members (excludes halogenated alkanes) is 4. The molecule has 20 heavy (non-hydrogen) atoms. The van der Waals surface area contributed by atoms with Crippen molar-refractivity contribution < 1.29 is 9.59 Å². The Hall–Kier alpha value is -1.44. The average Bonchev–Trinajstić information content (AvgIpc) is 2.47. The van der Waals surface area contributed by atoms with Crippen molar-refractivity contribution in [2.45, 2.75) is 65.2 Å². The summed E-state index contributed by atoms with van der Waals surface area (Å²) in [7, 11) is 0. The summed E-state index contributed by atoms with van der Waals surface area (Å²) in [5.41, 5.74) is 0. The highest BCUT2D eigenvalue weighted by molar-refractivity contribution is 5.64. The fourth-order valence-corrected chi connectivity index (χ4v) is 1.40. The van der Waals surface area contributed by atoms with Crippen LogP contribution in [-0.4, -0.2) is 12.6 Å². The second kappa shape index (κ2) is 22.7. The minimum absolute atomic E-state index is 0.722. The molecule has 0 aromatic heterocycles. The van der Waals surface area contributed by atoms with Gasteiger partial charge in [-0.3, -0.25) is 4.79 Å². The van der Waals surface area contributed by atoms with Gasteiger partial charge in [-0.05, 0) is 51.0 Å². The van der Waals surface area contributed by atoms with Gasteiger partial charge in [-0.2, -0.15) is 0 Å². The van der Waals surface area contributed by atoms with Gasteiger partial charge in [0.05, 0.1) is 0 Å². The highest BCUT2D eigenvalue weighted by atomic mass is 16.1. The Morgan fingerprint density at radius 1 is 0.650 bits per heavy atom. The van der Waals surface area contributed by atoms with Gasteiger partial charge in [-0.25, -0.2) is 0 Å². The summed E-state index contributed by atoms with van der Waals surface area (Å²) < 4.78 is 0. The molecule has 0 aromatic rings. The Balaban J connectivity index is 0. The molecule has 0 radical (unpaired) electrons. The molecule has 0 unspecified atom stereocenters. The van der Waals surface area contributed by atoms with Gasteiger partial charge in [0.1, 0.15) is 12.6 Å². The summed E-state index contributed by atoms with van der Waals surface area (Å²) in [6.07, 6.45) is 22.1. The van der Waals surface area contributed by atoms with Crippen LogP contribution in [0, 0.1) is 0 Å². The molecular weight excluding hydrogens is 248 g/mol. The molecule has 0 spiro atoms. The molecule has 0 bridgehead atoms. The Morgan fingerprint density at radius 2 is 1.20 bits per heavy atom. The van der Waals surface area contributed by atoms with Gasteiger partial charge < -0.3 is 4.79 Å². The highest BCUT2D eigenvalue weighted by Gasteiger charge is 1.82. The number of rotatable bonds is 11. The van der Waals surface area contributed by atoms with E-state index >= 15 is 0 Å². The Kier molecular flexibility index (Phi) is 23.7. The van der Waals surface area contributed by atoms with E-state index in [-0.39, 0.29) is 0 Å². The third kappa shape index (κ3) is 25.4. The average molecular weight is 278 g/mol. The molecule has 2 heteroatoms. The minimum Gasteiger partial charge on any atom is -0.303 e. The number of carbonyl (C=O) groups excluding carboxylic acids is 2. The lowest BCUT2D eigenvalue weighted by Crippen LogP contribution is -1.75. The lowest BCUT2D eigenvalue weighted by atomic mass is 10.2. The molecule has 0 aliphatic carbocycles. The van der Waals surface area contributed by atoms with E-state index in [4.69, 9.17) is 0 Å². The van der Waals surface area contributed by atoms with E-state index in [1.165, 1.54) is 0 Å². The molecule has 0 saturated heterocycles. The van der Waals surface area contributed by atoms with Crippen LogP contribution in [-0.2, 0) is 9.59 Å². The molecule has 0 atom stereocenters. The largest absolute Gasteiger partial charge is 0.303 e. The van der Waals surface area contributed by atoms with Crippen molar-refractivity contribution in [2.24, 2.45) is 0 Å². The molecule has 0 heterocycles. The van der Waals surface area contributed by atoms with Crippen LogP contribution in [0.15, 0.2) is 36.5 Å². The molecule has 0 aliphatic heterocycles. The van der Waals surface area contributed by atoms with E-state index in [0.29, 0.717) is 0 Å². The summed E-state index contributed by atoms with van der Waals surface area (Å²) in [4.78, 5) is 19.7. The zero-order chi connectivity index (χ0) is 15.3. The van der Waals surface area contributed by atoms with Crippen LogP contribution in [0.2, 0.25) is 0 Å². The number of carbonyl (C=O) groups is 2. The maximum atomic E-state index is 9.88. The smallest absolute Gasteiger partial charge is 0.142 e. The summed E-state index contributed by atoms with van der Waals surface area (Å²) in [5.74, 6) is 0. The van der Waals surface area contributed by atoms with E-state index in [2.05, 4.69) is 38.2 Å². The van der Waals surface area contributed by atoms with E-state index in [0.717, 1.165) is 63.9 Å². The van der Waals surface area contributed by atoms with Crippen molar-refractivity contribution >= 4 is 12.6 Å². The molecule has 0 rings (SSSR count). The number of hydrogen-bond acceptors (Lipinski definition) is 2. The first-order valence-electron chi connectivity index (χ1n) is 7.67.